The molecular weight excluding hydrogens is 362 g/mol. The number of aryl methyl sites for hydroxylation is 1. The lowest BCUT2D eigenvalue weighted by Gasteiger charge is -2.13. The third kappa shape index (κ3) is 3.98. The van der Waals surface area contributed by atoms with Crippen LogP contribution in [0.3, 0.4) is 0 Å². The average molecular weight is 388 g/mol. The van der Waals surface area contributed by atoms with Gasteiger partial charge in [0.25, 0.3) is 5.91 Å². The average Bonchev–Trinajstić information content (AvgIpc) is 3.27. The molecule has 3 amide bonds. The van der Waals surface area contributed by atoms with Crippen molar-refractivity contribution in [2.24, 2.45) is 5.92 Å². The number of carbonyl (C=O) groups is 3. The van der Waals surface area contributed by atoms with Crippen molar-refractivity contribution in [3.63, 3.8) is 0 Å². The van der Waals surface area contributed by atoms with Crippen molar-refractivity contribution >= 4 is 29.1 Å². The Morgan fingerprint density at radius 3 is 2.67 bits per heavy atom. The third-order valence-corrected chi connectivity index (χ3v) is 5.75. The first-order valence-corrected chi connectivity index (χ1v) is 10.00. The Balaban J connectivity index is 1.75. The maximum absolute atomic E-state index is 12.8. The lowest BCUT2D eigenvalue weighted by Crippen LogP contribution is -2.36. The number of Topliss-reactive ketones (excluding diaryl/α,β-unsaturated/α-hetero) is 1. The highest BCUT2D eigenvalue weighted by Gasteiger charge is 2.39. The summed E-state index contributed by atoms with van der Waals surface area (Å²) in [5.41, 5.74) is 2.41. The van der Waals surface area contributed by atoms with E-state index >= 15 is 0 Å². The van der Waals surface area contributed by atoms with Gasteiger partial charge in [-0.3, -0.25) is 14.5 Å². The van der Waals surface area contributed by atoms with Gasteiger partial charge >= 0.3 is 6.03 Å². The van der Waals surface area contributed by atoms with E-state index in [1.54, 1.807) is 11.3 Å². The van der Waals surface area contributed by atoms with Crippen LogP contribution in [0, 0.1) is 19.8 Å². The van der Waals surface area contributed by atoms with Crippen LogP contribution in [0.4, 0.5) is 4.79 Å². The van der Waals surface area contributed by atoms with Crippen LogP contribution in [0.2, 0.25) is 0 Å². The zero-order valence-corrected chi connectivity index (χ0v) is 16.9. The van der Waals surface area contributed by atoms with E-state index in [2.05, 4.69) is 16.0 Å². The molecule has 3 heterocycles. The summed E-state index contributed by atoms with van der Waals surface area (Å²) >= 11 is 1.67. The van der Waals surface area contributed by atoms with Crippen molar-refractivity contribution in [2.75, 3.05) is 6.54 Å². The molecule has 6 nitrogen and oxygen atoms in total. The largest absolute Gasteiger partial charge is 0.343 e. The summed E-state index contributed by atoms with van der Waals surface area (Å²) in [5, 5.41) is 4.71. The van der Waals surface area contributed by atoms with Gasteiger partial charge in [0.05, 0.1) is 13.1 Å². The van der Waals surface area contributed by atoms with E-state index in [1.807, 2.05) is 45.2 Å². The summed E-state index contributed by atoms with van der Waals surface area (Å²) in [7, 11) is 0. The molecule has 144 valence electrons. The van der Waals surface area contributed by atoms with E-state index in [9.17, 15) is 14.4 Å². The van der Waals surface area contributed by atoms with Crippen LogP contribution in [-0.2, 0) is 11.3 Å². The number of hydrogen-bond acceptors (Lipinski definition) is 4. The lowest BCUT2D eigenvalue weighted by molar-refractivity contribution is -0.127. The van der Waals surface area contributed by atoms with Gasteiger partial charge in [0.2, 0.25) is 0 Å². The summed E-state index contributed by atoms with van der Waals surface area (Å²) in [6.07, 6.45) is 0.574. The smallest absolute Gasteiger partial charge is 0.325 e. The Hall–Kier alpha value is -2.41. The zero-order valence-electron chi connectivity index (χ0n) is 16.1. The van der Waals surface area contributed by atoms with Gasteiger partial charge in [0, 0.05) is 21.8 Å². The minimum absolute atomic E-state index is 0.214. The van der Waals surface area contributed by atoms with Crippen molar-refractivity contribution in [1.29, 1.82) is 0 Å². The quantitative estimate of drug-likeness (QED) is 0.585. The fourth-order valence-corrected chi connectivity index (χ4v) is 4.16. The van der Waals surface area contributed by atoms with Crippen molar-refractivity contribution in [1.82, 2.24) is 14.8 Å². The highest BCUT2D eigenvalue weighted by atomic mass is 32.1. The summed E-state index contributed by atoms with van der Waals surface area (Å²) in [6.45, 7) is 8.35. The molecule has 2 aromatic heterocycles. The highest BCUT2D eigenvalue weighted by molar-refractivity contribution is 7.09. The van der Waals surface area contributed by atoms with Crippen LogP contribution in [0.1, 0.15) is 46.9 Å². The van der Waals surface area contributed by atoms with Gasteiger partial charge in [0.15, 0.2) is 5.78 Å². The van der Waals surface area contributed by atoms with Gasteiger partial charge in [-0.25, -0.2) is 4.79 Å². The third-order valence-electron chi connectivity index (χ3n) is 4.88. The molecule has 0 aliphatic carbocycles. The van der Waals surface area contributed by atoms with Crippen molar-refractivity contribution in [2.45, 2.75) is 46.7 Å². The van der Waals surface area contributed by atoms with Crippen LogP contribution in [0.25, 0.3) is 0 Å². The number of aromatic nitrogens is 1. The predicted molar refractivity (Wildman–Crippen MR) is 105 cm³/mol. The number of imide groups is 1. The molecule has 1 aliphatic heterocycles. The molecule has 0 bridgehead atoms. The second kappa shape index (κ2) is 7.68. The summed E-state index contributed by atoms with van der Waals surface area (Å²) in [6, 6.07) is 4.90. The lowest BCUT2D eigenvalue weighted by atomic mass is 10.0. The van der Waals surface area contributed by atoms with E-state index in [-0.39, 0.29) is 24.2 Å². The fourth-order valence-electron chi connectivity index (χ4n) is 3.47. The number of carbonyl (C=O) groups excluding carboxylic acids is 3. The molecular formula is C20H25N3O3S. The first-order valence-electron chi connectivity index (χ1n) is 9.12. The number of urea groups is 1. The summed E-state index contributed by atoms with van der Waals surface area (Å²) in [5.74, 6) is -0.241. The Kier molecular flexibility index (Phi) is 5.51. The number of amides is 3. The van der Waals surface area contributed by atoms with Gasteiger partial charge in [-0.05, 0) is 43.7 Å². The van der Waals surface area contributed by atoms with Gasteiger partial charge in [0.1, 0.15) is 6.04 Å². The predicted octanol–water partition coefficient (Wildman–Crippen LogP) is 3.36. The molecule has 0 radical (unpaired) electrons. The molecule has 7 heteroatoms. The van der Waals surface area contributed by atoms with E-state index in [4.69, 9.17) is 0 Å². The summed E-state index contributed by atoms with van der Waals surface area (Å²) in [4.78, 5) is 39.7. The number of nitrogens with one attached hydrogen (secondary N) is 1. The minimum Gasteiger partial charge on any atom is -0.343 e. The first kappa shape index (κ1) is 19.4. The molecule has 1 N–H and O–H groups in total. The molecule has 1 unspecified atom stereocenters. The van der Waals surface area contributed by atoms with E-state index in [1.165, 1.54) is 4.88 Å². The Labute approximate surface area is 163 Å². The number of rotatable bonds is 7. The van der Waals surface area contributed by atoms with Crippen LogP contribution in [0.5, 0.6) is 0 Å². The van der Waals surface area contributed by atoms with Crippen molar-refractivity contribution in [3.8, 4) is 0 Å². The molecule has 1 saturated heterocycles. The molecule has 27 heavy (non-hydrogen) atoms. The maximum atomic E-state index is 12.8. The Bertz CT molecular complexity index is 867. The van der Waals surface area contributed by atoms with Crippen LogP contribution in [-0.4, -0.2) is 39.8 Å². The molecule has 1 fully saturated rings. The molecule has 0 aromatic carbocycles. The SMILES string of the molecule is Cc1cc(C(=O)CN2C(=O)NC(CC(C)C)C2=O)c(C)n1Cc1cccs1. The molecule has 1 aliphatic rings. The Morgan fingerprint density at radius 2 is 2.04 bits per heavy atom. The van der Waals surface area contributed by atoms with Gasteiger partial charge < -0.3 is 9.88 Å². The topological polar surface area (TPSA) is 71.4 Å². The number of ketones is 1. The van der Waals surface area contributed by atoms with Gasteiger partial charge in [-0.15, -0.1) is 11.3 Å². The van der Waals surface area contributed by atoms with Gasteiger partial charge in [-0.2, -0.15) is 0 Å². The number of nitrogens with zero attached hydrogens (tertiary/aromatic N) is 2. The maximum Gasteiger partial charge on any atom is 0.325 e. The van der Waals surface area contributed by atoms with Crippen molar-refractivity contribution in [3.05, 3.63) is 45.4 Å². The second-order valence-electron chi connectivity index (χ2n) is 7.43. The van der Waals surface area contributed by atoms with Crippen LogP contribution >= 0.6 is 11.3 Å². The summed E-state index contributed by atoms with van der Waals surface area (Å²) < 4.78 is 2.09. The zero-order chi connectivity index (χ0) is 19.7. The normalized spacial score (nSPS) is 17.1. The van der Waals surface area contributed by atoms with Crippen LogP contribution < -0.4 is 5.32 Å². The Morgan fingerprint density at radius 1 is 1.30 bits per heavy atom. The molecule has 2 aromatic rings. The van der Waals surface area contributed by atoms with Crippen molar-refractivity contribution < 1.29 is 14.4 Å². The van der Waals surface area contributed by atoms with E-state index in [0.29, 0.717) is 18.5 Å². The number of hydrogen-bond donors (Lipinski definition) is 1. The molecule has 0 spiro atoms. The second-order valence-corrected chi connectivity index (χ2v) is 8.46. The standard InChI is InChI=1S/C20H25N3O3S/c1-12(2)8-17-19(25)23(20(26)21-17)11-18(24)16-9-13(3)22(14(16)4)10-15-6-5-7-27-15/h5-7,9,12,17H,8,10-11H2,1-4H3,(H,21,26). The van der Waals surface area contributed by atoms with Gasteiger partial charge in [-0.1, -0.05) is 19.9 Å². The van der Waals surface area contributed by atoms with Crippen LogP contribution in [0.15, 0.2) is 23.6 Å². The molecule has 3 rings (SSSR count). The highest BCUT2D eigenvalue weighted by Crippen LogP contribution is 2.21. The van der Waals surface area contributed by atoms with E-state index in [0.717, 1.165) is 16.3 Å². The molecule has 1 atom stereocenters. The fraction of sp³-hybridized carbons (Fsp3) is 0.450. The minimum atomic E-state index is -0.531. The molecule has 0 saturated carbocycles. The monoisotopic (exact) mass is 387 g/mol. The first-order chi connectivity index (χ1) is 12.8. The van der Waals surface area contributed by atoms with E-state index < -0.39 is 12.1 Å². The number of thiophene rings is 1.